The first-order valence-electron chi connectivity index (χ1n) is 5.02. The van der Waals surface area contributed by atoms with E-state index < -0.39 is 11.7 Å². The van der Waals surface area contributed by atoms with Gasteiger partial charge in [-0.1, -0.05) is 12.1 Å². The fraction of sp³-hybridized carbons (Fsp3) is 0.167. The van der Waals surface area contributed by atoms with E-state index in [9.17, 15) is 14.0 Å². The van der Waals surface area contributed by atoms with Crippen LogP contribution in [0.1, 0.15) is 5.56 Å². The second-order valence-corrected chi connectivity index (χ2v) is 3.37. The minimum atomic E-state index is -0.693. The van der Waals surface area contributed by atoms with Gasteiger partial charge in [0.1, 0.15) is 5.82 Å². The summed E-state index contributed by atoms with van der Waals surface area (Å²) in [5.74, 6) is -1.76. The van der Waals surface area contributed by atoms with Crippen LogP contribution in [0.5, 0.6) is 0 Å². The van der Waals surface area contributed by atoms with Gasteiger partial charge in [0.25, 0.3) is 5.91 Å². The first kappa shape index (κ1) is 13.9. The molecule has 5 nitrogen and oxygen atoms in total. The van der Waals surface area contributed by atoms with Gasteiger partial charge in [0.15, 0.2) is 12.0 Å². The summed E-state index contributed by atoms with van der Waals surface area (Å²) in [5, 5.41) is 9.84. The molecule has 0 atom stereocenters. The quantitative estimate of drug-likeness (QED) is 0.372. The highest BCUT2D eigenvalue weighted by Crippen LogP contribution is 2.07. The summed E-state index contributed by atoms with van der Waals surface area (Å²) in [6.45, 7) is 0.0677. The zero-order chi connectivity index (χ0) is 13.5. The van der Waals surface area contributed by atoms with E-state index >= 15 is 0 Å². The van der Waals surface area contributed by atoms with Crippen molar-refractivity contribution in [2.24, 2.45) is 0 Å². The van der Waals surface area contributed by atoms with Gasteiger partial charge in [-0.25, -0.2) is 9.45 Å². The molecule has 0 radical (unpaired) electrons. The number of hydrogen-bond acceptors (Lipinski definition) is 4. The van der Waals surface area contributed by atoms with Crippen molar-refractivity contribution in [1.82, 2.24) is 5.06 Å². The highest BCUT2D eigenvalue weighted by molar-refractivity contribution is 5.91. The van der Waals surface area contributed by atoms with Crippen LogP contribution in [-0.2, 0) is 21.0 Å². The van der Waals surface area contributed by atoms with Crippen LogP contribution in [0, 0.1) is 5.82 Å². The van der Waals surface area contributed by atoms with Crippen molar-refractivity contribution in [3.8, 4) is 0 Å². The van der Waals surface area contributed by atoms with Crippen LogP contribution in [0.3, 0.4) is 0 Å². The zero-order valence-corrected chi connectivity index (χ0v) is 9.67. The number of halogens is 1. The molecule has 1 aromatic rings. The molecule has 0 fully saturated rings. The number of aliphatic hydroxyl groups excluding tert-OH is 1. The lowest BCUT2D eigenvalue weighted by Crippen LogP contribution is -2.28. The maximum Gasteiger partial charge on any atom is 0.274 e. The van der Waals surface area contributed by atoms with Crippen molar-refractivity contribution in [1.29, 1.82) is 0 Å². The molecule has 6 heteroatoms. The van der Waals surface area contributed by atoms with Crippen LogP contribution in [0.25, 0.3) is 0 Å². The number of aldehydes is 1. The molecule has 0 aliphatic heterocycles. The molecule has 1 rings (SSSR count). The Kier molecular flexibility index (Phi) is 5.01. The molecular weight excluding hydrogens is 241 g/mol. The van der Waals surface area contributed by atoms with Crippen molar-refractivity contribution < 1.29 is 23.9 Å². The van der Waals surface area contributed by atoms with Crippen molar-refractivity contribution in [3.63, 3.8) is 0 Å². The van der Waals surface area contributed by atoms with Gasteiger partial charge >= 0.3 is 0 Å². The van der Waals surface area contributed by atoms with E-state index in [0.29, 0.717) is 5.56 Å². The number of rotatable bonds is 5. The third kappa shape index (κ3) is 3.99. The Morgan fingerprint density at radius 3 is 2.56 bits per heavy atom. The Morgan fingerprint density at radius 2 is 2.06 bits per heavy atom. The lowest BCUT2D eigenvalue weighted by Gasteiger charge is -2.17. The van der Waals surface area contributed by atoms with Gasteiger partial charge in [-0.05, 0) is 17.7 Å². The standard InChI is InChI=1S/C12H12FNO4/c1-18-14(12(17)6-11(16)8-15)7-9-2-4-10(13)5-3-9/h2-6,8,16H,7H2,1H3/b11-6-. The number of benzene rings is 1. The SMILES string of the molecule is CON(Cc1ccc(F)cc1)C(=O)/C=C(\O)C=O. The van der Waals surface area contributed by atoms with E-state index in [4.69, 9.17) is 9.94 Å². The van der Waals surface area contributed by atoms with E-state index in [1.807, 2.05) is 0 Å². The molecule has 0 aromatic heterocycles. The number of allylic oxidation sites excluding steroid dienone is 1. The van der Waals surface area contributed by atoms with Crippen LogP contribution in [-0.4, -0.2) is 29.5 Å². The summed E-state index contributed by atoms with van der Waals surface area (Å²) in [5.41, 5.74) is 0.644. The summed E-state index contributed by atoms with van der Waals surface area (Å²) in [4.78, 5) is 26.5. The van der Waals surface area contributed by atoms with E-state index in [0.717, 1.165) is 11.1 Å². The van der Waals surface area contributed by atoms with Crippen molar-refractivity contribution >= 4 is 12.2 Å². The summed E-state index contributed by atoms with van der Waals surface area (Å²) in [6.07, 6.45) is 0.879. The lowest BCUT2D eigenvalue weighted by atomic mass is 10.2. The number of carbonyl (C=O) groups is 2. The number of hydroxylamine groups is 2. The predicted molar refractivity (Wildman–Crippen MR) is 60.7 cm³/mol. The molecule has 0 aliphatic rings. The third-order valence-electron chi connectivity index (χ3n) is 2.10. The predicted octanol–water partition coefficient (Wildman–Crippen LogP) is 1.36. The average molecular weight is 253 g/mol. The van der Waals surface area contributed by atoms with E-state index in [2.05, 4.69) is 0 Å². The average Bonchev–Trinajstić information content (AvgIpc) is 2.37. The number of hydrogen-bond donors (Lipinski definition) is 1. The Bertz CT molecular complexity index is 456. The van der Waals surface area contributed by atoms with Crippen molar-refractivity contribution in [2.45, 2.75) is 6.54 Å². The van der Waals surface area contributed by atoms with Gasteiger partial charge in [-0.2, -0.15) is 0 Å². The first-order chi connectivity index (χ1) is 8.56. The second kappa shape index (κ2) is 6.51. The molecule has 1 amide bonds. The van der Waals surface area contributed by atoms with E-state index in [1.54, 1.807) is 0 Å². The van der Waals surface area contributed by atoms with Crippen molar-refractivity contribution in [3.05, 3.63) is 47.5 Å². The van der Waals surface area contributed by atoms with Gasteiger partial charge in [-0.15, -0.1) is 0 Å². The number of amides is 1. The minimum absolute atomic E-state index is 0.0677. The van der Waals surface area contributed by atoms with Gasteiger partial charge in [0, 0.05) is 0 Å². The third-order valence-corrected chi connectivity index (χ3v) is 2.10. The Morgan fingerprint density at radius 1 is 1.44 bits per heavy atom. The molecule has 0 unspecified atom stereocenters. The normalized spacial score (nSPS) is 11.1. The van der Waals surface area contributed by atoms with Crippen LogP contribution in [0.4, 0.5) is 4.39 Å². The number of nitrogens with zero attached hydrogens (tertiary/aromatic N) is 1. The maximum atomic E-state index is 12.7. The first-order valence-corrected chi connectivity index (χ1v) is 5.02. The minimum Gasteiger partial charge on any atom is -0.504 e. The zero-order valence-electron chi connectivity index (χ0n) is 9.67. The van der Waals surface area contributed by atoms with Gasteiger partial charge in [0.05, 0.1) is 19.7 Å². The molecule has 18 heavy (non-hydrogen) atoms. The lowest BCUT2D eigenvalue weighted by molar-refractivity contribution is -0.173. The Hall–Kier alpha value is -2.21. The van der Waals surface area contributed by atoms with Gasteiger partial charge in [-0.3, -0.25) is 14.4 Å². The molecule has 96 valence electrons. The summed E-state index contributed by atoms with van der Waals surface area (Å²) in [7, 11) is 1.27. The molecular formula is C12H12FNO4. The molecule has 1 N–H and O–H groups in total. The molecule has 0 bridgehead atoms. The summed E-state index contributed by atoms with van der Waals surface area (Å²) >= 11 is 0. The maximum absolute atomic E-state index is 12.7. The second-order valence-electron chi connectivity index (χ2n) is 3.37. The monoisotopic (exact) mass is 253 g/mol. The van der Waals surface area contributed by atoms with Crippen molar-refractivity contribution in [2.75, 3.05) is 7.11 Å². The molecule has 0 saturated heterocycles. The fourth-order valence-corrected chi connectivity index (χ4v) is 1.22. The highest BCUT2D eigenvalue weighted by Gasteiger charge is 2.12. The van der Waals surface area contributed by atoms with Gasteiger partial charge in [0.2, 0.25) is 0 Å². The molecule has 1 aromatic carbocycles. The number of aliphatic hydroxyl groups is 1. The smallest absolute Gasteiger partial charge is 0.274 e. The molecule has 0 spiro atoms. The van der Waals surface area contributed by atoms with E-state index in [1.165, 1.54) is 31.4 Å². The van der Waals surface area contributed by atoms with Crippen LogP contribution < -0.4 is 0 Å². The molecule has 0 heterocycles. The Balaban J connectivity index is 2.75. The largest absolute Gasteiger partial charge is 0.504 e. The van der Waals surface area contributed by atoms with Crippen LogP contribution in [0.2, 0.25) is 0 Å². The topological polar surface area (TPSA) is 66.8 Å². The Labute approximate surface area is 103 Å². The van der Waals surface area contributed by atoms with Crippen LogP contribution in [0.15, 0.2) is 36.1 Å². The number of carbonyl (C=O) groups excluding carboxylic acids is 2. The van der Waals surface area contributed by atoms with Crippen LogP contribution >= 0.6 is 0 Å². The fourth-order valence-electron chi connectivity index (χ4n) is 1.22. The molecule has 0 aliphatic carbocycles. The molecule has 0 saturated carbocycles. The highest BCUT2D eigenvalue weighted by atomic mass is 19.1. The summed E-state index contributed by atoms with van der Waals surface area (Å²) in [6, 6.07) is 5.51. The van der Waals surface area contributed by atoms with Gasteiger partial charge < -0.3 is 5.11 Å². The van der Waals surface area contributed by atoms with E-state index in [-0.39, 0.29) is 18.6 Å². The summed E-state index contributed by atoms with van der Waals surface area (Å²) < 4.78 is 12.7.